The van der Waals surface area contributed by atoms with Crippen molar-refractivity contribution in [1.29, 1.82) is 0 Å². The number of aromatic nitrogens is 3. The van der Waals surface area contributed by atoms with Gasteiger partial charge in [0.2, 0.25) is 27.7 Å². The quantitative estimate of drug-likeness (QED) is 0.597. The Hall–Kier alpha value is -2.50. The van der Waals surface area contributed by atoms with Crippen molar-refractivity contribution in [2.75, 3.05) is 20.9 Å². The Kier molecular flexibility index (Phi) is 5.92. The summed E-state index contributed by atoms with van der Waals surface area (Å²) in [6.45, 7) is -1.19. The molecule has 2 heterocycles. The van der Waals surface area contributed by atoms with E-state index in [0.29, 0.717) is 15.9 Å². The number of fused-ring (bicyclic) bond motifs is 1. The predicted octanol–water partition coefficient (Wildman–Crippen LogP) is 2.59. The van der Waals surface area contributed by atoms with Crippen molar-refractivity contribution in [2.45, 2.75) is 17.5 Å². The maximum atomic E-state index is 13.6. The number of nitrogens with zero attached hydrogens (tertiary/aromatic N) is 3. The second-order valence-corrected chi connectivity index (χ2v) is 8.01. The molecule has 0 aliphatic heterocycles. The van der Waals surface area contributed by atoms with Crippen LogP contribution in [0.3, 0.4) is 0 Å². The Morgan fingerprint density at radius 2 is 1.86 bits per heavy atom. The molecule has 8 nitrogen and oxygen atoms in total. The van der Waals surface area contributed by atoms with Crippen molar-refractivity contribution in [3.05, 3.63) is 35.0 Å². The van der Waals surface area contributed by atoms with Gasteiger partial charge in [0, 0.05) is 23.0 Å². The van der Waals surface area contributed by atoms with Gasteiger partial charge in [0.1, 0.15) is 17.7 Å². The molecular weight excluding hydrogens is 430 g/mol. The van der Waals surface area contributed by atoms with E-state index in [4.69, 9.17) is 26.2 Å². The molecule has 1 atom stereocenters. The van der Waals surface area contributed by atoms with Gasteiger partial charge < -0.3 is 9.47 Å². The number of benzene rings is 1. The van der Waals surface area contributed by atoms with E-state index in [1.165, 1.54) is 43.2 Å². The van der Waals surface area contributed by atoms with Crippen LogP contribution in [0, 0.1) is 0 Å². The van der Waals surface area contributed by atoms with E-state index >= 15 is 0 Å². The van der Waals surface area contributed by atoms with Crippen molar-refractivity contribution in [2.24, 2.45) is 5.14 Å². The van der Waals surface area contributed by atoms with E-state index in [9.17, 15) is 17.2 Å². The Bertz CT molecular complexity index is 1140. The van der Waals surface area contributed by atoms with Crippen LogP contribution in [0.2, 0.25) is 5.02 Å². The van der Waals surface area contributed by atoms with E-state index < -0.39 is 22.9 Å². The Morgan fingerprint density at radius 3 is 2.38 bits per heavy atom. The third kappa shape index (κ3) is 4.11. The molecule has 0 aliphatic rings. The number of primary sulfonamides is 1. The summed E-state index contributed by atoms with van der Waals surface area (Å²) in [5.41, 5.74) is 0.510. The number of nitrogens with two attached hydrogens (primary N) is 1. The van der Waals surface area contributed by atoms with Crippen LogP contribution < -0.4 is 14.6 Å². The van der Waals surface area contributed by atoms with Gasteiger partial charge in [-0.3, -0.25) is 4.57 Å². The molecule has 12 heteroatoms. The SMILES string of the molecule is COc1nc(-n2cc(S(N)(=O)=O)c3ccc(Cl)cc32)nc(OC)c1CC(F)CF. The van der Waals surface area contributed by atoms with E-state index in [0.717, 1.165) is 0 Å². The number of hydrogen-bond acceptors (Lipinski definition) is 6. The van der Waals surface area contributed by atoms with Crippen LogP contribution in [0.25, 0.3) is 16.9 Å². The van der Waals surface area contributed by atoms with Crippen molar-refractivity contribution in [3.63, 3.8) is 0 Å². The highest BCUT2D eigenvalue weighted by molar-refractivity contribution is 7.89. The molecule has 3 rings (SSSR count). The molecule has 0 saturated heterocycles. The van der Waals surface area contributed by atoms with Crippen LogP contribution in [0.1, 0.15) is 5.56 Å². The number of sulfonamides is 1. The molecule has 156 valence electrons. The van der Waals surface area contributed by atoms with E-state index in [1.807, 2.05) is 0 Å². The normalized spacial score (nSPS) is 12.9. The molecule has 2 N–H and O–H groups in total. The third-order valence-electron chi connectivity index (χ3n) is 4.15. The Labute approximate surface area is 170 Å². The highest BCUT2D eigenvalue weighted by Gasteiger charge is 2.24. The summed E-state index contributed by atoms with van der Waals surface area (Å²) in [6, 6.07) is 4.54. The molecule has 0 spiro atoms. The Morgan fingerprint density at radius 1 is 1.24 bits per heavy atom. The predicted molar refractivity (Wildman–Crippen MR) is 103 cm³/mol. The zero-order valence-corrected chi connectivity index (χ0v) is 17.0. The molecule has 3 aromatic rings. The molecule has 1 unspecified atom stereocenters. The van der Waals surface area contributed by atoms with Crippen LogP contribution in [-0.2, 0) is 16.4 Å². The van der Waals surface area contributed by atoms with Gasteiger partial charge in [-0.05, 0) is 18.2 Å². The van der Waals surface area contributed by atoms with Crippen LogP contribution in [-0.4, -0.2) is 50.0 Å². The van der Waals surface area contributed by atoms with Gasteiger partial charge in [-0.1, -0.05) is 11.6 Å². The summed E-state index contributed by atoms with van der Waals surface area (Å²) in [6.07, 6.45) is -0.902. The molecule has 29 heavy (non-hydrogen) atoms. The molecule has 0 radical (unpaired) electrons. The second-order valence-electron chi connectivity index (χ2n) is 6.05. The second kappa shape index (κ2) is 8.09. The largest absolute Gasteiger partial charge is 0.481 e. The minimum absolute atomic E-state index is 0.0275. The average molecular weight is 447 g/mol. The van der Waals surface area contributed by atoms with Gasteiger partial charge in [-0.25, -0.2) is 22.3 Å². The van der Waals surface area contributed by atoms with E-state index in [-0.39, 0.29) is 34.6 Å². The summed E-state index contributed by atoms with van der Waals surface area (Å²) in [4.78, 5) is 8.27. The summed E-state index contributed by atoms with van der Waals surface area (Å²) < 4.78 is 62.0. The molecule has 0 fully saturated rings. The van der Waals surface area contributed by atoms with Gasteiger partial charge in [0.05, 0.1) is 25.3 Å². The number of halogens is 3. The first-order valence-corrected chi connectivity index (χ1v) is 10.1. The maximum Gasteiger partial charge on any atom is 0.240 e. The van der Waals surface area contributed by atoms with Crippen LogP contribution >= 0.6 is 11.6 Å². The first-order valence-electron chi connectivity index (χ1n) is 8.22. The highest BCUT2D eigenvalue weighted by atomic mass is 35.5. The number of hydrogen-bond donors (Lipinski definition) is 1. The van der Waals surface area contributed by atoms with Crippen LogP contribution in [0.15, 0.2) is 29.3 Å². The van der Waals surface area contributed by atoms with Crippen molar-refractivity contribution in [3.8, 4) is 17.7 Å². The number of rotatable bonds is 7. The zero-order chi connectivity index (χ0) is 21.3. The van der Waals surface area contributed by atoms with Gasteiger partial charge in [0.25, 0.3) is 0 Å². The van der Waals surface area contributed by atoms with Gasteiger partial charge >= 0.3 is 0 Å². The van der Waals surface area contributed by atoms with Gasteiger partial charge in [-0.15, -0.1) is 0 Å². The smallest absolute Gasteiger partial charge is 0.240 e. The fourth-order valence-electron chi connectivity index (χ4n) is 2.89. The maximum absolute atomic E-state index is 13.6. The van der Waals surface area contributed by atoms with E-state index in [2.05, 4.69) is 9.97 Å². The lowest BCUT2D eigenvalue weighted by molar-refractivity contribution is 0.253. The fourth-order valence-corrected chi connectivity index (χ4v) is 3.79. The summed E-state index contributed by atoms with van der Waals surface area (Å²) in [7, 11) is -1.45. The zero-order valence-electron chi connectivity index (χ0n) is 15.4. The fraction of sp³-hybridized carbons (Fsp3) is 0.294. The monoisotopic (exact) mass is 446 g/mol. The van der Waals surface area contributed by atoms with Gasteiger partial charge in [0.15, 0.2) is 0 Å². The minimum atomic E-state index is -4.06. The topological polar surface area (TPSA) is 109 Å². The lowest BCUT2D eigenvalue weighted by Crippen LogP contribution is -2.13. The number of alkyl halides is 2. The lowest BCUT2D eigenvalue weighted by atomic mass is 10.1. The summed E-state index contributed by atoms with van der Waals surface area (Å²) in [5, 5.41) is 5.97. The van der Waals surface area contributed by atoms with Crippen molar-refractivity contribution in [1.82, 2.24) is 14.5 Å². The minimum Gasteiger partial charge on any atom is -0.481 e. The molecular formula is C17H17ClF2N4O4S. The van der Waals surface area contributed by atoms with Crippen LogP contribution in [0.4, 0.5) is 8.78 Å². The Balaban J connectivity index is 2.28. The molecule has 0 bridgehead atoms. The average Bonchev–Trinajstić information content (AvgIpc) is 3.06. The molecule has 1 aromatic carbocycles. The first-order chi connectivity index (χ1) is 13.7. The highest BCUT2D eigenvalue weighted by Crippen LogP contribution is 2.32. The summed E-state index contributed by atoms with van der Waals surface area (Å²) >= 11 is 6.06. The van der Waals surface area contributed by atoms with Gasteiger partial charge in [-0.2, -0.15) is 9.97 Å². The van der Waals surface area contributed by atoms with Crippen molar-refractivity contribution < 1.29 is 26.7 Å². The molecule has 0 saturated carbocycles. The number of methoxy groups -OCH3 is 2. The van der Waals surface area contributed by atoms with Crippen molar-refractivity contribution >= 4 is 32.5 Å². The van der Waals surface area contributed by atoms with Crippen LogP contribution in [0.5, 0.6) is 11.8 Å². The molecule has 0 amide bonds. The molecule has 2 aromatic heterocycles. The number of ether oxygens (including phenoxy) is 2. The molecule has 0 aliphatic carbocycles. The third-order valence-corrected chi connectivity index (χ3v) is 5.33. The summed E-state index contributed by atoms with van der Waals surface area (Å²) in [5.74, 6) is -0.103. The lowest BCUT2D eigenvalue weighted by Gasteiger charge is -2.14. The van der Waals surface area contributed by atoms with E-state index in [1.54, 1.807) is 0 Å². The standard InChI is InChI=1S/C17H17ClF2N4O4S/c1-27-15-12(6-10(20)7-19)16(28-2)23-17(22-15)24-8-14(29(21,25)26)11-4-3-9(18)5-13(11)24/h3-5,8,10H,6-7H2,1-2H3,(H2,21,25,26). The first kappa shape index (κ1) is 21.2.